The molecule has 2 unspecified atom stereocenters. The minimum atomic E-state index is -1.37. The summed E-state index contributed by atoms with van der Waals surface area (Å²) in [5.41, 5.74) is -1.81. The Kier molecular flexibility index (Phi) is 4.50. The molecule has 21 heavy (non-hydrogen) atoms. The average Bonchev–Trinajstić information content (AvgIpc) is 2.40. The molecule has 5 nitrogen and oxygen atoms in total. The van der Waals surface area contributed by atoms with E-state index in [0.717, 1.165) is 12.8 Å². The first-order valence-corrected chi connectivity index (χ1v) is 6.73. The summed E-state index contributed by atoms with van der Waals surface area (Å²) in [4.78, 5) is 21.5. The van der Waals surface area contributed by atoms with E-state index in [0.29, 0.717) is 30.9 Å². The van der Waals surface area contributed by atoms with Gasteiger partial charge in [0.1, 0.15) is 17.5 Å². The van der Waals surface area contributed by atoms with E-state index < -0.39 is 33.8 Å². The molecule has 0 radical (unpaired) electrons. The van der Waals surface area contributed by atoms with Crippen molar-refractivity contribution in [2.45, 2.75) is 38.7 Å². The lowest BCUT2D eigenvalue weighted by atomic mass is 9.89. The van der Waals surface area contributed by atoms with Crippen LogP contribution < -0.4 is 0 Å². The highest BCUT2D eigenvalue weighted by Gasteiger charge is 2.28. The maximum absolute atomic E-state index is 13.9. The van der Waals surface area contributed by atoms with Crippen LogP contribution in [0.25, 0.3) is 0 Å². The Morgan fingerprint density at radius 1 is 1.38 bits per heavy atom. The number of nitro groups is 1. The molecule has 0 saturated heterocycles. The van der Waals surface area contributed by atoms with E-state index in [4.69, 9.17) is 4.74 Å². The van der Waals surface area contributed by atoms with Gasteiger partial charge >= 0.3 is 11.7 Å². The van der Waals surface area contributed by atoms with Crippen LogP contribution in [0, 0.1) is 27.7 Å². The number of benzene rings is 1. The molecule has 2 rings (SSSR count). The van der Waals surface area contributed by atoms with Crippen LogP contribution in [0.3, 0.4) is 0 Å². The number of nitro benzene ring substituents is 1. The highest BCUT2D eigenvalue weighted by molar-refractivity contribution is 5.90. The average molecular weight is 299 g/mol. The number of carbonyl (C=O) groups excluding carboxylic acids is 1. The minimum Gasteiger partial charge on any atom is -0.459 e. The van der Waals surface area contributed by atoms with Crippen LogP contribution in [0.15, 0.2) is 12.1 Å². The topological polar surface area (TPSA) is 69.4 Å². The number of halogens is 2. The number of nitrogens with zero attached hydrogens (tertiary/aromatic N) is 1. The van der Waals surface area contributed by atoms with E-state index in [-0.39, 0.29) is 6.10 Å². The summed E-state index contributed by atoms with van der Waals surface area (Å²) in [5.74, 6) is -3.08. The summed E-state index contributed by atoms with van der Waals surface area (Å²) in [5, 5.41) is 10.6. The minimum absolute atomic E-state index is 0.358. The molecule has 0 aliphatic heterocycles. The normalized spacial score (nSPS) is 21.9. The van der Waals surface area contributed by atoms with Crippen LogP contribution in [-0.4, -0.2) is 17.0 Å². The van der Waals surface area contributed by atoms with Crippen molar-refractivity contribution >= 4 is 11.7 Å². The lowest BCUT2D eigenvalue weighted by molar-refractivity contribution is -0.387. The molecule has 1 saturated carbocycles. The molecule has 0 N–H and O–H groups in total. The van der Waals surface area contributed by atoms with E-state index in [1.807, 2.05) is 6.92 Å². The third kappa shape index (κ3) is 3.53. The SMILES string of the molecule is CC1CCCC(OC(=O)c2cc(F)cc([N+](=O)[O-])c2F)C1. The molecular weight excluding hydrogens is 284 g/mol. The number of carbonyl (C=O) groups is 1. The molecule has 1 aliphatic rings. The zero-order valence-corrected chi connectivity index (χ0v) is 11.5. The smallest absolute Gasteiger partial charge is 0.341 e. The fraction of sp³-hybridized carbons (Fsp3) is 0.500. The Morgan fingerprint density at radius 3 is 2.71 bits per heavy atom. The zero-order chi connectivity index (χ0) is 15.6. The Balaban J connectivity index is 2.21. The molecule has 0 spiro atoms. The molecule has 0 aromatic heterocycles. The molecule has 7 heteroatoms. The maximum Gasteiger partial charge on any atom is 0.341 e. The molecule has 1 aromatic rings. The number of esters is 1. The highest BCUT2D eigenvalue weighted by atomic mass is 19.1. The predicted molar refractivity (Wildman–Crippen MR) is 69.8 cm³/mol. The second kappa shape index (κ2) is 6.15. The summed E-state index contributed by atoms with van der Waals surface area (Å²) in [7, 11) is 0. The largest absolute Gasteiger partial charge is 0.459 e. The van der Waals surface area contributed by atoms with Crippen LogP contribution >= 0.6 is 0 Å². The fourth-order valence-electron chi connectivity index (χ4n) is 2.56. The fourth-order valence-corrected chi connectivity index (χ4v) is 2.56. The zero-order valence-electron chi connectivity index (χ0n) is 11.5. The monoisotopic (exact) mass is 299 g/mol. The van der Waals surface area contributed by atoms with Gasteiger partial charge in [-0.05, 0) is 31.2 Å². The van der Waals surface area contributed by atoms with E-state index in [1.165, 1.54) is 0 Å². The highest BCUT2D eigenvalue weighted by Crippen LogP contribution is 2.28. The van der Waals surface area contributed by atoms with Crippen LogP contribution in [0.5, 0.6) is 0 Å². The molecule has 1 aromatic carbocycles. The van der Waals surface area contributed by atoms with Gasteiger partial charge in [0.15, 0.2) is 0 Å². The summed E-state index contributed by atoms with van der Waals surface area (Å²) >= 11 is 0. The van der Waals surface area contributed by atoms with E-state index >= 15 is 0 Å². The first kappa shape index (κ1) is 15.3. The standard InChI is InChI=1S/C14H15F2NO4/c1-8-3-2-4-10(5-8)21-14(18)11-6-9(15)7-12(13(11)16)17(19)20/h6-8,10H,2-5H2,1H3. The molecule has 1 fully saturated rings. The lowest BCUT2D eigenvalue weighted by Crippen LogP contribution is -2.25. The van der Waals surface area contributed by atoms with Gasteiger partial charge in [-0.2, -0.15) is 4.39 Å². The predicted octanol–water partition coefficient (Wildman–Crippen LogP) is 3.61. The van der Waals surface area contributed by atoms with Gasteiger partial charge in [0.2, 0.25) is 5.82 Å². The summed E-state index contributed by atoms with van der Waals surface area (Å²) in [6, 6.07) is 1.06. The van der Waals surface area contributed by atoms with Crippen molar-refractivity contribution in [1.82, 2.24) is 0 Å². The maximum atomic E-state index is 13.9. The Bertz CT molecular complexity index is 576. The number of hydrogen-bond acceptors (Lipinski definition) is 4. The number of hydrogen-bond donors (Lipinski definition) is 0. The lowest BCUT2D eigenvalue weighted by Gasteiger charge is -2.26. The van der Waals surface area contributed by atoms with Gasteiger partial charge in [-0.25, -0.2) is 9.18 Å². The molecule has 1 aliphatic carbocycles. The van der Waals surface area contributed by atoms with Crippen molar-refractivity contribution in [1.29, 1.82) is 0 Å². The van der Waals surface area contributed by atoms with Gasteiger partial charge in [0, 0.05) is 0 Å². The molecule has 0 amide bonds. The van der Waals surface area contributed by atoms with Gasteiger partial charge in [0.25, 0.3) is 0 Å². The summed E-state index contributed by atoms with van der Waals surface area (Å²) in [6.45, 7) is 2.02. The molecular formula is C14H15F2NO4. The van der Waals surface area contributed by atoms with E-state index in [1.54, 1.807) is 0 Å². The van der Waals surface area contributed by atoms with E-state index in [9.17, 15) is 23.7 Å². The Morgan fingerprint density at radius 2 is 2.10 bits per heavy atom. The first-order chi connectivity index (χ1) is 9.88. The second-order valence-corrected chi connectivity index (χ2v) is 5.34. The van der Waals surface area contributed by atoms with Crippen molar-refractivity contribution in [3.8, 4) is 0 Å². The van der Waals surface area contributed by atoms with Crippen LogP contribution in [0.2, 0.25) is 0 Å². The Labute approximate surface area is 120 Å². The third-order valence-electron chi connectivity index (χ3n) is 3.60. The van der Waals surface area contributed by atoms with Crippen molar-refractivity contribution in [2.75, 3.05) is 0 Å². The van der Waals surface area contributed by atoms with E-state index in [2.05, 4.69) is 0 Å². The first-order valence-electron chi connectivity index (χ1n) is 6.73. The number of rotatable bonds is 3. The second-order valence-electron chi connectivity index (χ2n) is 5.34. The van der Waals surface area contributed by atoms with Gasteiger partial charge in [-0.15, -0.1) is 0 Å². The third-order valence-corrected chi connectivity index (χ3v) is 3.60. The molecule has 114 valence electrons. The van der Waals surface area contributed by atoms with Gasteiger partial charge in [-0.1, -0.05) is 13.3 Å². The van der Waals surface area contributed by atoms with Crippen molar-refractivity contribution in [3.05, 3.63) is 39.4 Å². The van der Waals surface area contributed by atoms with Crippen LogP contribution in [-0.2, 0) is 4.74 Å². The van der Waals surface area contributed by atoms with Gasteiger partial charge in [-0.3, -0.25) is 10.1 Å². The summed E-state index contributed by atoms with van der Waals surface area (Å²) < 4.78 is 32.3. The van der Waals surface area contributed by atoms with Crippen molar-refractivity contribution < 1.29 is 23.2 Å². The molecule has 0 heterocycles. The summed E-state index contributed by atoms with van der Waals surface area (Å²) in [6.07, 6.45) is 2.89. The van der Waals surface area contributed by atoms with Crippen molar-refractivity contribution in [3.63, 3.8) is 0 Å². The van der Waals surface area contributed by atoms with Gasteiger partial charge in [0.05, 0.1) is 11.0 Å². The van der Waals surface area contributed by atoms with Crippen LogP contribution in [0.1, 0.15) is 43.0 Å². The van der Waals surface area contributed by atoms with Gasteiger partial charge < -0.3 is 4.74 Å². The molecule has 2 atom stereocenters. The van der Waals surface area contributed by atoms with Crippen LogP contribution in [0.4, 0.5) is 14.5 Å². The number of ether oxygens (including phenoxy) is 1. The quantitative estimate of drug-likeness (QED) is 0.485. The van der Waals surface area contributed by atoms with Crippen molar-refractivity contribution in [2.24, 2.45) is 5.92 Å². The molecule has 0 bridgehead atoms. The Hall–Kier alpha value is -2.05.